The number of carboxylic acid groups (broad SMARTS) is 1. The van der Waals surface area contributed by atoms with Gasteiger partial charge < -0.3 is 16.1 Å². The highest BCUT2D eigenvalue weighted by molar-refractivity contribution is 7.81. The highest BCUT2D eigenvalue weighted by atomic mass is 32.1. The average Bonchev–Trinajstić information content (AvgIpc) is 1.36. The predicted octanol–water partition coefficient (Wildman–Crippen LogP) is 0.0333. The van der Waals surface area contributed by atoms with Gasteiger partial charge in [-0.15, -0.1) is 0 Å². The summed E-state index contributed by atoms with van der Waals surface area (Å²) in [5.41, 5.74) is 0. The maximum absolute atomic E-state index is 9.62. The van der Waals surface area contributed by atoms with Gasteiger partial charge in [-0.25, -0.2) is 0 Å². The number of rotatable bonds is 1. The third-order valence-electron chi connectivity index (χ3n) is 0.357. The van der Waals surface area contributed by atoms with Gasteiger partial charge in [-0.05, 0) is 6.92 Å². The molecule has 0 aliphatic rings. The number of hydrogen-bond donors (Lipinski definition) is 2. The molecule has 0 aromatic carbocycles. The molecule has 0 saturated heterocycles. The molecule has 56 valence electrons. The van der Waals surface area contributed by atoms with E-state index >= 15 is 0 Å². The summed E-state index contributed by atoms with van der Waals surface area (Å²) in [5, 5.41) is 7.38. The van der Waals surface area contributed by atoms with Crippen molar-refractivity contribution < 1.29 is 20.9 Å². The summed E-state index contributed by atoms with van der Waals surface area (Å²) in [5.74, 6) is -0.877. The predicted molar refractivity (Wildman–Crippen MR) is 37.3 cm³/mol. The van der Waals surface area contributed by atoms with Crippen LogP contribution >= 0.6 is 12.6 Å². The van der Waals surface area contributed by atoms with Crippen molar-refractivity contribution in [2.24, 2.45) is 0 Å². The molecule has 1 unspecified atom stereocenters. The molecule has 0 rings (SSSR count). The van der Waals surface area contributed by atoms with Crippen molar-refractivity contribution in [3.63, 3.8) is 0 Å². The first-order chi connectivity index (χ1) is 2.64. The lowest BCUT2D eigenvalue weighted by molar-refractivity contribution is -0.136. The highest BCUT2D eigenvalue weighted by Gasteiger charge is 2.00. The lowest BCUT2D eigenvalue weighted by Crippen LogP contribution is -2.06. The van der Waals surface area contributed by atoms with Crippen LogP contribution in [0.1, 0.15) is 6.92 Å². The van der Waals surface area contributed by atoms with E-state index in [1.807, 2.05) is 0 Å². The Morgan fingerprint density at radius 3 is 1.67 bits per heavy atom. The molecule has 6 heteroatoms. The molecule has 0 aromatic heterocycles. The smallest absolute Gasteiger partial charge is 0.870 e. The molecule has 9 heavy (non-hydrogen) atoms. The molecule has 0 saturated carbocycles. The lowest BCUT2D eigenvalue weighted by Gasteiger charge is -1.88. The van der Waals surface area contributed by atoms with Gasteiger partial charge in [-0.2, -0.15) is 12.6 Å². The van der Waals surface area contributed by atoms with Gasteiger partial charge in [-0.1, -0.05) is 0 Å². The zero-order valence-corrected chi connectivity index (χ0v) is 6.39. The van der Waals surface area contributed by atoms with Crippen molar-refractivity contribution in [3.05, 3.63) is 0 Å². The summed E-state index contributed by atoms with van der Waals surface area (Å²) < 4.78 is 0. The van der Waals surface area contributed by atoms with Gasteiger partial charge in [0.05, 0.1) is 5.25 Å². The molecule has 0 fully saturated rings. The zero-order chi connectivity index (χ0) is 5.15. The Kier molecular flexibility index (Phi) is 28.0. The van der Waals surface area contributed by atoms with E-state index < -0.39 is 11.2 Å². The van der Waals surface area contributed by atoms with Crippen molar-refractivity contribution in [2.45, 2.75) is 12.2 Å². The van der Waals surface area contributed by atoms with Crippen LogP contribution in [0.2, 0.25) is 0 Å². The number of carbonyl (C=O) groups is 1. The standard InChI is InChI=1S/C3H6O2S.2H2O.S/c1-2(6)3(4)5;;;/h2,6H,1H3,(H,4,5);2*1H2;/q;;;+2/p-2. The van der Waals surface area contributed by atoms with Crippen LogP contribution < -0.4 is 0 Å². The van der Waals surface area contributed by atoms with Gasteiger partial charge in [0.15, 0.2) is 0 Å². The summed E-state index contributed by atoms with van der Waals surface area (Å²) in [6, 6.07) is 0. The molecule has 4 radical (unpaired) electrons. The van der Waals surface area contributed by atoms with Crippen LogP contribution in [0.4, 0.5) is 0 Å². The van der Waals surface area contributed by atoms with Crippen molar-refractivity contribution in [1.82, 2.24) is 0 Å². The van der Waals surface area contributed by atoms with Gasteiger partial charge >= 0.3 is 19.5 Å². The fraction of sp³-hybridized carbons (Fsp3) is 0.667. The normalized spacial score (nSPS) is 9.11. The third kappa shape index (κ3) is 17.9. The minimum Gasteiger partial charge on any atom is -0.870 e. The SMILES string of the molecule is CC(S)C(=O)O.[OH-].[OH-].[S+2]. The highest BCUT2D eigenvalue weighted by Crippen LogP contribution is 1.88. The molecule has 0 heterocycles. The van der Waals surface area contributed by atoms with Crippen molar-refractivity contribution in [3.8, 4) is 0 Å². The van der Waals surface area contributed by atoms with Crippen LogP contribution in [0.25, 0.3) is 0 Å². The Morgan fingerprint density at radius 1 is 1.56 bits per heavy atom. The molecule has 0 bridgehead atoms. The minimum atomic E-state index is -0.877. The van der Waals surface area contributed by atoms with Gasteiger partial charge in [0, 0.05) is 0 Å². The molecule has 0 amide bonds. The average molecular weight is 172 g/mol. The molecule has 0 aromatic rings. The monoisotopic (exact) mass is 172 g/mol. The molecular formula is C3H8O4S2. The van der Waals surface area contributed by atoms with Crippen LogP contribution in [-0.2, 0) is 18.3 Å². The van der Waals surface area contributed by atoms with E-state index in [1.54, 1.807) is 0 Å². The van der Waals surface area contributed by atoms with Crippen molar-refractivity contribution in [2.75, 3.05) is 0 Å². The molecule has 0 aliphatic carbocycles. The largest absolute Gasteiger partial charge is 2.00 e. The summed E-state index contributed by atoms with van der Waals surface area (Å²) in [6.45, 7) is 1.51. The van der Waals surface area contributed by atoms with Crippen LogP contribution in [0.5, 0.6) is 0 Å². The Balaban J connectivity index is -0.0000000417. The quantitative estimate of drug-likeness (QED) is 0.545. The molecule has 3 N–H and O–H groups in total. The first-order valence-electron chi connectivity index (χ1n) is 1.55. The molecular weight excluding hydrogens is 164 g/mol. The molecule has 1 atom stereocenters. The Morgan fingerprint density at radius 2 is 1.67 bits per heavy atom. The molecule has 0 aliphatic heterocycles. The topological polar surface area (TPSA) is 97.3 Å². The van der Waals surface area contributed by atoms with Gasteiger partial charge in [0.1, 0.15) is 0 Å². The molecule has 0 spiro atoms. The van der Waals surface area contributed by atoms with E-state index in [9.17, 15) is 4.79 Å². The van der Waals surface area contributed by atoms with Crippen LogP contribution in [-0.4, -0.2) is 27.3 Å². The second-order valence-electron chi connectivity index (χ2n) is 1.01. The van der Waals surface area contributed by atoms with Gasteiger partial charge in [0.2, 0.25) is 0 Å². The first-order valence-corrected chi connectivity index (χ1v) is 2.07. The van der Waals surface area contributed by atoms with Crippen LogP contribution in [0.15, 0.2) is 0 Å². The fourth-order valence-electron chi connectivity index (χ4n) is 0. The van der Waals surface area contributed by atoms with E-state index in [-0.39, 0.29) is 24.4 Å². The first kappa shape index (κ1) is 23.0. The Bertz CT molecular complexity index is 64.8. The minimum absolute atomic E-state index is 0. The molecule has 4 nitrogen and oxygen atoms in total. The summed E-state index contributed by atoms with van der Waals surface area (Å²) >= 11 is 3.59. The van der Waals surface area contributed by atoms with Crippen molar-refractivity contribution >= 4 is 32.1 Å². The Labute approximate surface area is 65.7 Å². The van der Waals surface area contributed by atoms with Crippen LogP contribution in [0.3, 0.4) is 0 Å². The number of carboxylic acids is 1. The second-order valence-corrected chi connectivity index (χ2v) is 1.79. The van der Waals surface area contributed by atoms with E-state index in [2.05, 4.69) is 12.6 Å². The summed E-state index contributed by atoms with van der Waals surface area (Å²) in [4.78, 5) is 9.62. The van der Waals surface area contributed by atoms with Crippen molar-refractivity contribution in [1.29, 1.82) is 0 Å². The fourth-order valence-corrected chi connectivity index (χ4v) is 0. The van der Waals surface area contributed by atoms with E-state index in [4.69, 9.17) is 5.11 Å². The number of aliphatic carboxylic acids is 1. The Hall–Kier alpha value is 0.0900. The lowest BCUT2D eigenvalue weighted by atomic mass is 10.5. The maximum Gasteiger partial charge on any atom is 2.00 e. The second kappa shape index (κ2) is 11.0. The van der Waals surface area contributed by atoms with E-state index in [0.29, 0.717) is 0 Å². The summed E-state index contributed by atoms with van der Waals surface area (Å²) in [6.07, 6.45) is 0. The van der Waals surface area contributed by atoms with Gasteiger partial charge in [-0.3, -0.25) is 4.79 Å². The zero-order valence-electron chi connectivity index (χ0n) is 4.68. The number of thiol groups is 1. The third-order valence-corrected chi connectivity index (χ3v) is 0.578. The number of hydrogen-bond acceptors (Lipinski definition) is 4. The van der Waals surface area contributed by atoms with E-state index in [0.717, 1.165) is 0 Å². The maximum atomic E-state index is 9.62. The summed E-state index contributed by atoms with van der Waals surface area (Å²) in [7, 11) is 0. The van der Waals surface area contributed by atoms with E-state index in [1.165, 1.54) is 6.92 Å². The van der Waals surface area contributed by atoms with Gasteiger partial charge in [0.25, 0.3) is 0 Å². The van der Waals surface area contributed by atoms with Crippen LogP contribution in [0, 0.1) is 0 Å².